The van der Waals surface area contributed by atoms with E-state index in [1.807, 2.05) is 19.9 Å². The Balaban J connectivity index is 1.56. The topological polar surface area (TPSA) is 47.6 Å². The molecule has 3 atom stereocenters. The zero-order chi connectivity index (χ0) is 17.4. The predicted molar refractivity (Wildman–Crippen MR) is 96.6 cm³/mol. The van der Waals surface area contributed by atoms with Crippen LogP contribution in [0.4, 0.5) is 0 Å². The van der Waals surface area contributed by atoms with E-state index in [1.54, 1.807) is 0 Å². The molecule has 1 aromatic rings. The maximum absolute atomic E-state index is 11.6. The Kier molecular flexibility index (Phi) is 4.48. The van der Waals surface area contributed by atoms with Gasteiger partial charge in [0, 0.05) is 11.5 Å². The number of ether oxygens (including phenoxy) is 2. The van der Waals surface area contributed by atoms with Crippen molar-refractivity contribution in [1.82, 2.24) is 5.32 Å². The Morgan fingerprint density at radius 2 is 2.20 bits per heavy atom. The number of esters is 1. The molecule has 0 radical (unpaired) electrons. The van der Waals surface area contributed by atoms with Gasteiger partial charge in [0.1, 0.15) is 5.75 Å². The molecule has 0 unspecified atom stereocenters. The predicted octanol–water partition coefficient (Wildman–Crippen LogP) is 3.57. The van der Waals surface area contributed by atoms with E-state index in [4.69, 9.17) is 9.47 Å². The zero-order valence-electron chi connectivity index (χ0n) is 15.3. The molecule has 3 aliphatic rings. The summed E-state index contributed by atoms with van der Waals surface area (Å²) in [6.45, 7) is 4.78. The number of hydrogen-bond donors (Lipinski definition) is 1. The third kappa shape index (κ3) is 2.95. The summed E-state index contributed by atoms with van der Waals surface area (Å²) in [5.41, 5.74) is 3.31. The SMILES string of the molecule is CC(C)C(=O)OCOc1ccc2c(c1)[C@]13CCCC[C@@H]1[C@H](C2)NCC3. The summed E-state index contributed by atoms with van der Waals surface area (Å²) >= 11 is 0. The van der Waals surface area contributed by atoms with Crippen LogP contribution in [0.15, 0.2) is 18.2 Å². The van der Waals surface area contributed by atoms with Crippen molar-refractivity contribution in [1.29, 1.82) is 0 Å². The Bertz CT molecular complexity index is 653. The average molecular weight is 343 g/mol. The average Bonchev–Trinajstić information content (AvgIpc) is 2.62. The molecule has 2 fully saturated rings. The van der Waals surface area contributed by atoms with Gasteiger partial charge in [-0.15, -0.1) is 0 Å². The van der Waals surface area contributed by atoms with Gasteiger partial charge in [0.2, 0.25) is 6.79 Å². The molecule has 1 N–H and O–H groups in total. The van der Waals surface area contributed by atoms with Crippen LogP contribution in [0.25, 0.3) is 0 Å². The molecular weight excluding hydrogens is 314 g/mol. The highest BCUT2D eigenvalue weighted by Crippen LogP contribution is 2.54. The van der Waals surface area contributed by atoms with E-state index in [2.05, 4.69) is 17.4 Å². The van der Waals surface area contributed by atoms with E-state index in [0.29, 0.717) is 11.5 Å². The second kappa shape index (κ2) is 6.64. The number of piperidine rings is 1. The molecule has 0 aromatic heterocycles. The van der Waals surface area contributed by atoms with Crippen molar-refractivity contribution in [3.63, 3.8) is 0 Å². The molecule has 2 bridgehead atoms. The monoisotopic (exact) mass is 343 g/mol. The maximum atomic E-state index is 11.6. The number of hydrogen-bond acceptors (Lipinski definition) is 4. The van der Waals surface area contributed by atoms with Gasteiger partial charge < -0.3 is 14.8 Å². The number of carbonyl (C=O) groups excluding carboxylic acids is 1. The summed E-state index contributed by atoms with van der Waals surface area (Å²) in [7, 11) is 0. The van der Waals surface area contributed by atoms with Crippen LogP contribution in [0, 0.1) is 11.8 Å². The summed E-state index contributed by atoms with van der Waals surface area (Å²) in [4.78, 5) is 11.6. The summed E-state index contributed by atoms with van der Waals surface area (Å²) in [5.74, 6) is 1.24. The van der Waals surface area contributed by atoms with Crippen LogP contribution in [0.5, 0.6) is 5.75 Å². The van der Waals surface area contributed by atoms with Crippen molar-refractivity contribution < 1.29 is 14.3 Å². The van der Waals surface area contributed by atoms with Gasteiger partial charge in [0.25, 0.3) is 0 Å². The van der Waals surface area contributed by atoms with Gasteiger partial charge in [0.15, 0.2) is 0 Å². The van der Waals surface area contributed by atoms with Crippen molar-refractivity contribution in [3.8, 4) is 5.75 Å². The molecule has 4 heteroatoms. The minimum absolute atomic E-state index is 0.00356. The molecule has 1 aromatic carbocycles. The van der Waals surface area contributed by atoms with Crippen LogP contribution in [-0.4, -0.2) is 25.3 Å². The molecule has 0 amide bonds. The highest BCUT2D eigenvalue weighted by atomic mass is 16.7. The molecular formula is C21H29NO3. The van der Waals surface area contributed by atoms with Crippen molar-refractivity contribution in [3.05, 3.63) is 29.3 Å². The van der Waals surface area contributed by atoms with E-state index in [0.717, 1.165) is 24.6 Å². The lowest BCUT2D eigenvalue weighted by molar-refractivity contribution is -0.153. The smallest absolute Gasteiger partial charge is 0.311 e. The van der Waals surface area contributed by atoms with E-state index in [1.165, 1.54) is 43.2 Å². The number of rotatable bonds is 4. The van der Waals surface area contributed by atoms with Crippen LogP contribution >= 0.6 is 0 Å². The molecule has 2 aliphatic carbocycles. The Labute approximate surface area is 150 Å². The first-order valence-corrected chi connectivity index (χ1v) is 9.76. The Morgan fingerprint density at radius 3 is 3.04 bits per heavy atom. The molecule has 1 aliphatic heterocycles. The van der Waals surface area contributed by atoms with Gasteiger partial charge in [-0.05, 0) is 61.4 Å². The first kappa shape index (κ1) is 16.9. The van der Waals surface area contributed by atoms with Crippen LogP contribution in [-0.2, 0) is 21.4 Å². The van der Waals surface area contributed by atoms with Gasteiger partial charge in [-0.25, -0.2) is 0 Å². The Hall–Kier alpha value is -1.55. The van der Waals surface area contributed by atoms with Gasteiger partial charge in [-0.3, -0.25) is 4.79 Å². The molecule has 1 heterocycles. The van der Waals surface area contributed by atoms with Crippen molar-refractivity contribution in [2.24, 2.45) is 11.8 Å². The summed E-state index contributed by atoms with van der Waals surface area (Å²) in [6, 6.07) is 7.12. The third-order valence-corrected chi connectivity index (χ3v) is 6.52. The highest BCUT2D eigenvalue weighted by Gasteiger charge is 2.51. The number of nitrogens with one attached hydrogen (secondary N) is 1. The summed E-state index contributed by atoms with van der Waals surface area (Å²) < 4.78 is 10.9. The van der Waals surface area contributed by atoms with Crippen molar-refractivity contribution >= 4 is 5.97 Å². The summed E-state index contributed by atoms with van der Waals surface area (Å²) in [5, 5.41) is 3.77. The minimum atomic E-state index is -0.218. The molecule has 0 spiro atoms. The van der Waals surface area contributed by atoms with Crippen molar-refractivity contribution in [2.75, 3.05) is 13.3 Å². The molecule has 136 valence electrons. The van der Waals surface area contributed by atoms with Crippen molar-refractivity contribution in [2.45, 2.75) is 63.8 Å². The normalized spacial score (nSPS) is 30.4. The van der Waals surface area contributed by atoms with Crippen LogP contribution < -0.4 is 10.1 Å². The summed E-state index contributed by atoms with van der Waals surface area (Å²) in [6.07, 6.45) is 7.70. The van der Waals surface area contributed by atoms with Gasteiger partial charge in [0.05, 0.1) is 5.92 Å². The maximum Gasteiger partial charge on any atom is 0.311 e. The fourth-order valence-corrected chi connectivity index (χ4v) is 5.32. The van der Waals surface area contributed by atoms with E-state index >= 15 is 0 Å². The lowest BCUT2D eigenvalue weighted by Crippen LogP contribution is -2.59. The van der Waals surface area contributed by atoms with Gasteiger partial charge in [-0.2, -0.15) is 0 Å². The molecule has 4 nitrogen and oxygen atoms in total. The van der Waals surface area contributed by atoms with Gasteiger partial charge in [-0.1, -0.05) is 32.8 Å². The lowest BCUT2D eigenvalue weighted by Gasteiger charge is -2.56. The van der Waals surface area contributed by atoms with E-state index in [-0.39, 0.29) is 18.7 Å². The Morgan fingerprint density at radius 1 is 1.32 bits per heavy atom. The third-order valence-electron chi connectivity index (χ3n) is 6.52. The second-order valence-corrected chi connectivity index (χ2v) is 8.22. The number of carbonyl (C=O) groups is 1. The number of fused-ring (bicyclic) bond motifs is 1. The molecule has 1 saturated heterocycles. The van der Waals surface area contributed by atoms with E-state index < -0.39 is 0 Å². The fraction of sp³-hybridized carbons (Fsp3) is 0.667. The molecule has 1 saturated carbocycles. The zero-order valence-corrected chi connectivity index (χ0v) is 15.3. The number of benzene rings is 1. The molecule has 25 heavy (non-hydrogen) atoms. The quantitative estimate of drug-likeness (QED) is 0.671. The van der Waals surface area contributed by atoms with Crippen LogP contribution in [0.1, 0.15) is 57.1 Å². The standard InChI is InChI=1S/C21H29NO3/c1-14(2)20(23)25-13-24-16-7-6-15-11-19-17-5-3-4-8-21(17,9-10-22-19)18(15)12-16/h6-7,12,14,17,19,22H,3-5,8-11,13H2,1-2H3/t17-,19+,21+/m1/s1. The first-order valence-electron chi connectivity index (χ1n) is 9.76. The van der Waals surface area contributed by atoms with Crippen LogP contribution in [0.3, 0.4) is 0 Å². The first-order chi connectivity index (χ1) is 12.1. The largest absolute Gasteiger partial charge is 0.457 e. The highest BCUT2D eigenvalue weighted by molar-refractivity contribution is 5.71. The van der Waals surface area contributed by atoms with Gasteiger partial charge >= 0.3 is 5.97 Å². The van der Waals surface area contributed by atoms with Crippen LogP contribution in [0.2, 0.25) is 0 Å². The fourth-order valence-electron chi connectivity index (χ4n) is 5.32. The minimum Gasteiger partial charge on any atom is -0.457 e. The van der Waals surface area contributed by atoms with E-state index in [9.17, 15) is 4.79 Å². The lowest BCUT2D eigenvalue weighted by atomic mass is 9.53. The molecule has 4 rings (SSSR count). The second-order valence-electron chi connectivity index (χ2n) is 8.22.